The lowest BCUT2D eigenvalue weighted by Crippen LogP contribution is -2.46. The summed E-state index contributed by atoms with van der Waals surface area (Å²) >= 11 is 0. The van der Waals surface area contributed by atoms with Crippen LogP contribution >= 0.6 is 0 Å². The first kappa shape index (κ1) is 27.1. The van der Waals surface area contributed by atoms with Gasteiger partial charge in [-0.25, -0.2) is 0 Å². The normalized spacial score (nSPS) is 25.4. The fourth-order valence-corrected chi connectivity index (χ4v) is 6.19. The Kier molecular flexibility index (Phi) is 14.4. The van der Waals surface area contributed by atoms with Crippen LogP contribution in [0.4, 0.5) is 0 Å². The van der Waals surface area contributed by atoms with E-state index in [1.807, 2.05) is 0 Å². The smallest absolute Gasteiger partial charge is 0.0712 e. The number of rotatable bonds is 6. The van der Waals surface area contributed by atoms with E-state index in [1.54, 1.807) is 0 Å². The Hall–Kier alpha value is -0.120. The molecule has 2 rings (SSSR count). The van der Waals surface area contributed by atoms with Gasteiger partial charge < -0.3 is 14.9 Å². The number of aliphatic hydroxyl groups is 2. The minimum atomic E-state index is -0.194. The van der Waals surface area contributed by atoms with E-state index in [9.17, 15) is 10.2 Å². The van der Waals surface area contributed by atoms with Crippen molar-refractivity contribution in [2.45, 2.75) is 165 Å². The molecule has 31 heavy (non-hydrogen) atoms. The molecule has 0 saturated heterocycles. The molecule has 0 aromatic rings. The second kappa shape index (κ2) is 16.5. The van der Waals surface area contributed by atoms with Crippen LogP contribution in [0.1, 0.15) is 154 Å². The van der Waals surface area contributed by atoms with Crippen LogP contribution in [0.2, 0.25) is 0 Å². The van der Waals surface area contributed by atoms with Crippen molar-refractivity contribution < 1.29 is 14.9 Å². The predicted molar refractivity (Wildman–Crippen MR) is 132 cm³/mol. The van der Waals surface area contributed by atoms with Crippen LogP contribution < -0.4 is 0 Å². The Morgan fingerprint density at radius 1 is 0.387 bits per heavy atom. The average Bonchev–Trinajstić information content (AvgIpc) is 2.74. The lowest BCUT2D eigenvalue weighted by molar-refractivity contribution is -0.187. The molecule has 0 atom stereocenters. The third-order valence-electron chi connectivity index (χ3n) is 8.10. The van der Waals surface area contributed by atoms with Crippen molar-refractivity contribution in [1.29, 1.82) is 0 Å². The van der Waals surface area contributed by atoms with Gasteiger partial charge in [0.05, 0.1) is 11.2 Å². The van der Waals surface area contributed by atoms with Crippen LogP contribution in [0.25, 0.3) is 0 Å². The highest BCUT2D eigenvalue weighted by Crippen LogP contribution is 2.41. The van der Waals surface area contributed by atoms with E-state index >= 15 is 0 Å². The number of aliphatic hydroxyl groups excluding tert-OH is 2. The van der Waals surface area contributed by atoms with Gasteiger partial charge in [0.1, 0.15) is 0 Å². The molecule has 184 valence electrons. The number of hydrogen-bond acceptors (Lipinski definition) is 3. The molecular weight excluding hydrogens is 384 g/mol. The highest BCUT2D eigenvalue weighted by molar-refractivity contribution is 4.90. The molecule has 0 heterocycles. The van der Waals surface area contributed by atoms with Crippen LogP contribution in [0.5, 0.6) is 0 Å². The molecular formula is C28H54O3. The van der Waals surface area contributed by atoms with E-state index in [0.29, 0.717) is 0 Å². The molecule has 0 unspecified atom stereocenters. The molecule has 0 amide bonds. The van der Waals surface area contributed by atoms with Crippen molar-refractivity contribution in [2.75, 3.05) is 13.2 Å². The van der Waals surface area contributed by atoms with Crippen molar-refractivity contribution in [3.8, 4) is 0 Å². The molecule has 0 aromatic carbocycles. The summed E-state index contributed by atoms with van der Waals surface area (Å²) in [4.78, 5) is 0. The monoisotopic (exact) mass is 438 g/mol. The molecule has 3 heteroatoms. The Bertz CT molecular complexity index is 360. The Morgan fingerprint density at radius 3 is 0.839 bits per heavy atom. The van der Waals surface area contributed by atoms with Gasteiger partial charge in [0, 0.05) is 13.2 Å². The third kappa shape index (κ3) is 11.0. The summed E-state index contributed by atoms with van der Waals surface area (Å²) in [5.74, 6) is 0. The molecule has 0 bridgehead atoms. The van der Waals surface area contributed by atoms with Gasteiger partial charge in [0.25, 0.3) is 0 Å². The van der Waals surface area contributed by atoms with Gasteiger partial charge in [-0.2, -0.15) is 0 Å². The summed E-state index contributed by atoms with van der Waals surface area (Å²) in [5, 5.41) is 20.1. The van der Waals surface area contributed by atoms with Crippen molar-refractivity contribution in [3.05, 3.63) is 0 Å². The van der Waals surface area contributed by atoms with Crippen molar-refractivity contribution in [2.24, 2.45) is 0 Å². The first-order valence-electron chi connectivity index (χ1n) is 14.2. The summed E-state index contributed by atoms with van der Waals surface area (Å²) in [7, 11) is 0. The summed E-state index contributed by atoms with van der Waals surface area (Å²) in [6, 6.07) is 0. The zero-order valence-corrected chi connectivity index (χ0v) is 20.7. The maximum Gasteiger partial charge on any atom is 0.0712 e. The summed E-state index contributed by atoms with van der Waals surface area (Å²) in [6.07, 6.45) is 29.6. The molecule has 0 aliphatic heterocycles. The number of ether oxygens (including phenoxy) is 1. The third-order valence-corrected chi connectivity index (χ3v) is 8.10. The number of hydrogen-bond donors (Lipinski definition) is 2. The molecule has 0 spiro atoms. The largest absolute Gasteiger partial charge is 0.396 e. The van der Waals surface area contributed by atoms with Crippen molar-refractivity contribution in [1.82, 2.24) is 0 Å². The molecule has 0 aromatic heterocycles. The zero-order valence-electron chi connectivity index (χ0n) is 20.7. The topological polar surface area (TPSA) is 49.7 Å². The van der Waals surface area contributed by atoms with Crippen LogP contribution in [-0.4, -0.2) is 34.6 Å². The molecule has 2 aliphatic rings. The lowest BCUT2D eigenvalue weighted by Gasteiger charge is -2.45. The van der Waals surface area contributed by atoms with Gasteiger partial charge in [-0.05, 0) is 38.5 Å². The highest BCUT2D eigenvalue weighted by Gasteiger charge is 2.40. The van der Waals surface area contributed by atoms with Gasteiger partial charge in [-0.15, -0.1) is 0 Å². The summed E-state index contributed by atoms with van der Waals surface area (Å²) < 4.78 is 7.28. The average molecular weight is 439 g/mol. The molecule has 2 aliphatic carbocycles. The van der Waals surface area contributed by atoms with Gasteiger partial charge in [-0.3, -0.25) is 0 Å². The Labute approximate surface area is 193 Å². The second-order valence-corrected chi connectivity index (χ2v) is 10.8. The van der Waals surface area contributed by atoms with E-state index in [-0.39, 0.29) is 24.4 Å². The fourth-order valence-electron chi connectivity index (χ4n) is 6.19. The van der Waals surface area contributed by atoms with Gasteiger partial charge in [0.15, 0.2) is 0 Å². The summed E-state index contributed by atoms with van der Waals surface area (Å²) in [6.45, 7) is 0.435. The van der Waals surface area contributed by atoms with Crippen LogP contribution in [0.15, 0.2) is 0 Å². The Balaban J connectivity index is 2.16. The second-order valence-electron chi connectivity index (χ2n) is 10.8. The van der Waals surface area contributed by atoms with Gasteiger partial charge in [-0.1, -0.05) is 116 Å². The fraction of sp³-hybridized carbons (Fsp3) is 1.00. The van der Waals surface area contributed by atoms with E-state index in [0.717, 1.165) is 38.5 Å². The van der Waals surface area contributed by atoms with Crippen molar-refractivity contribution >= 4 is 0 Å². The van der Waals surface area contributed by atoms with Gasteiger partial charge >= 0.3 is 0 Å². The van der Waals surface area contributed by atoms with Crippen LogP contribution in [0.3, 0.4) is 0 Å². The summed E-state index contributed by atoms with van der Waals surface area (Å²) in [5.41, 5.74) is -0.389. The minimum absolute atomic E-state index is 0.194. The Morgan fingerprint density at radius 2 is 0.613 bits per heavy atom. The van der Waals surface area contributed by atoms with Crippen LogP contribution in [0, 0.1) is 0 Å². The molecule has 0 radical (unpaired) electrons. The highest BCUT2D eigenvalue weighted by atomic mass is 16.5. The molecule has 2 N–H and O–H groups in total. The van der Waals surface area contributed by atoms with Crippen LogP contribution in [-0.2, 0) is 4.74 Å². The maximum absolute atomic E-state index is 10.0. The van der Waals surface area contributed by atoms with E-state index in [4.69, 9.17) is 4.74 Å². The van der Waals surface area contributed by atoms with E-state index < -0.39 is 0 Å². The molecule has 2 fully saturated rings. The lowest BCUT2D eigenvalue weighted by atomic mass is 9.81. The quantitative estimate of drug-likeness (QED) is 0.444. The van der Waals surface area contributed by atoms with Gasteiger partial charge in [0.2, 0.25) is 0 Å². The molecule has 2 saturated carbocycles. The standard InChI is InChI=1S/C28H54O3/c29-25-23-27(19-15-11-7-3-1-4-8-12-16-20-27)31-28(24-26-30)21-17-13-9-5-2-6-10-14-18-22-28/h29-30H,1-26H2. The van der Waals surface area contributed by atoms with E-state index in [1.165, 1.54) is 116 Å². The zero-order chi connectivity index (χ0) is 22.1. The van der Waals surface area contributed by atoms with Crippen molar-refractivity contribution in [3.63, 3.8) is 0 Å². The van der Waals surface area contributed by atoms with E-state index in [2.05, 4.69) is 0 Å². The predicted octanol–water partition coefficient (Wildman–Crippen LogP) is 7.85. The first-order valence-corrected chi connectivity index (χ1v) is 14.2. The maximum atomic E-state index is 10.0. The molecule has 3 nitrogen and oxygen atoms in total. The first-order chi connectivity index (χ1) is 15.2. The minimum Gasteiger partial charge on any atom is -0.396 e. The SMILES string of the molecule is OCCC1(OC2(CCO)CCCCCCCCCCC2)CCCCCCCCCCC1.